The zero-order chi connectivity index (χ0) is 43.3. The number of furan rings is 1. The van der Waals surface area contributed by atoms with E-state index in [9.17, 15) is 0 Å². The van der Waals surface area contributed by atoms with Crippen molar-refractivity contribution in [2.24, 2.45) is 0 Å². The molecule has 0 aliphatic heterocycles. The normalized spacial score (nSPS) is 12.8. The molecule has 0 bridgehead atoms. The van der Waals surface area contributed by atoms with Gasteiger partial charge in [0.2, 0.25) is 0 Å². The van der Waals surface area contributed by atoms with Gasteiger partial charge in [-0.15, -0.1) is 18.2 Å². The van der Waals surface area contributed by atoms with Gasteiger partial charge in [0, 0.05) is 42.9 Å². The summed E-state index contributed by atoms with van der Waals surface area (Å²) in [6.07, 6.45) is 5.84. The molecule has 9 rings (SSSR count). The van der Waals surface area contributed by atoms with E-state index in [1.165, 1.54) is 21.1 Å². The Morgan fingerprint density at radius 2 is 1.53 bits per heavy atom. The van der Waals surface area contributed by atoms with Gasteiger partial charge in [-0.3, -0.25) is 9.97 Å². The van der Waals surface area contributed by atoms with E-state index in [-0.39, 0.29) is 25.5 Å². The number of para-hydroxylation sites is 1. The molecular formula is C52H50GeIrN4O-2. The fourth-order valence-electron chi connectivity index (χ4n) is 7.59. The Hall–Kier alpha value is -5.14. The summed E-state index contributed by atoms with van der Waals surface area (Å²) in [4.78, 5) is 14.3. The molecular weight excluding hydrogens is 961 g/mol. The number of pyridine rings is 2. The van der Waals surface area contributed by atoms with Gasteiger partial charge in [-0.1, -0.05) is 92.4 Å². The first-order chi connectivity index (χ1) is 29.0. The fraction of sp³-hybridized carbons (Fsp3) is 0.212. The Kier molecular flexibility index (Phi) is 10.9. The third-order valence-electron chi connectivity index (χ3n) is 10.6. The molecule has 299 valence electrons. The number of hydrogen-bond acceptors (Lipinski definition) is 4. The minimum absolute atomic E-state index is 0. The van der Waals surface area contributed by atoms with Gasteiger partial charge >= 0.3 is 130 Å². The Morgan fingerprint density at radius 3 is 2.20 bits per heavy atom. The first kappa shape index (κ1) is 38.1. The van der Waals surface area contributed by atoms with Crippen molar-refractivity contribution in [2.75, 3.05) is 0 Å². The summed E-state index contributed by atoms with van der Waals surface area (Å²) in [5.41, 5.74) is 12.2. The third kappa shape index (κ3) is 8.50. The van der Waals surface area contributed by atoms with Crippen LogP contribution in [0.2, 0.25) is 17.3 Å². The summed E-state index contributed by atoms with van der Waals surface area (Å²) in [5, 5.41) is 2.14. The molecule has 0 spiro atoms. The van der Waals surface area contributed by atoms with Crippen LogP contribution in [0.3, 0.4) is 0 Å². The summed E-state index contributed by atoms with van der Waals surface area (Å²) >= 11 is -1.97. The molecule has 4 aromatic heterocycles. The molecule has 4 heterocycles. The van der Waals surface area contributed by atoms with E-state index in [0.717, 1.165) is 66.9 Å². The van der Waals surface area contributed by atoms with E-state index < -0.39 is 20.1 Å². The van der Waals surface area contributed by atoms with Crippen LogP contribution in [0.15, 0.2) is 138 Å². The second-order valence-electron chi connectivity index (χ2n) is 17.2. The number of aryl methyl sites for hydroxylation is 1. The van der Waals surface area contributed by atoms with Crippen molar-refractivity contribution in [1.82, 2.24) is 19.5 Å². The van der Waals surface area contributed by atoms with E-state index in [4.69, 9.17) is 13.5 Å². The van der Waals surface area contributed by atoms with Gasteiger partial charge in [0.1, 0.15) is 5.58 Å². The average molecular weight is 1010 g/mol. The minimum atomic E-state index is -2.09. The number of benzene rings is 5. The van der Waals surface area contributed by atoms with Crippen LogP contribution in [0, 0.1) is 19.0 Å². The predicted molar refractivity (Wildman–Crippen MR) is 245 cm³/mol. The van der Waals surface area contributed by atoms with Crippen LogP contribution in [0.25, 0.3) is 72.4 Å². The molecule has 0 unspecified atom stereocenters. The summed E-state index contributed by atoms with van der Waals surface area (Å²) in [6, 6.07) is 45.0. The molecule has 9 aromatic rings. The second-order valence-corrected chi connectivity index (χ2v) is 27.8. The van der Waals surface area contributed by atoms with E-state index >= 15 is 0 Å². The van der Waals surface area contributed by atoms with E-state index in [0.29, 0.717) is 11.5 Å². The van der Waals surface area contributed by atoms with Gasteiger partial charge in [-0.25, -0.2) is 0 Å². The van der Waals surface area contributed by atoms with Crippen molar-refractivity contribution < 1.29 is 28.6 Å². The summed E-state index contributed by atoms with van der Waals surface area (Å²) in [7, 11) is 0. The summed E-state index contributed by atoms with van der Waals surface area (Å²) in [5.74, 6) is 8.35. The standard InChI is InChI=1S/C34H26N3O.C18H24GeN.Ir/c1-34(2,3)28-20-35-21-29-31(28)37(24-18-16-23(17-19-24)22-10-5-4-6-11-22)33(36-29)27-14-9-13-26-25-12-7-8-15-30(25)38-32(26)27;1-13(2)16-11-18(15-9-7-14(3)8-10-15)20-12-17(16)19(4,5)6;/h4-13,15-21H,1-3H3;7-9,11-13H,1-6H3;/q2*-1;/i;3D3;. The Bertz CT molecular complexity index is 3000. The Morgan fingerprint density at radius 1 is 0.797 bits per heavy atom. The Balaban J connectivity index is 0.000000208. The van der Waals surface area contributed by atoms with Crippen molar-refractivity contribution in [3.8, 4) is 39.5 Å². The molecule has 59 heavy (non-hydrogen) atoms. The summed E-state index contributed by atoms with van der Waals surface area (Å²) < 4.78 is 32.4. The molecule has 0 aliphatic carbocycles. The van der Waals surface area contributed by atoms with Crippen molar-refractivity contribution in [3.63, 3.8) is 0 Å². The number of rotatable bonds is 6. The van der Waals surface area contributed by atoms with E-state index in [2.05, 4.69) is 145 Å². The quantitative estimate of drug-likeness (QED) is 0.123. The number of imidazole rings is 1. The van der Waals surface area contributed by atoms with Crippen molar-refractivity contribution in [1.29, 1.82) is 0 Å². The largest absolute Gasteiger partial charge is 0 e. The van der Waals surface area contributed by atoms with Gasteiger partial charge in [0.15, 0.2) is 0 Å². The maximum absolute atomic E-state index is 7.44. The van der Waals surface area contributed by atoms with Crippen LogP contribution in [0.5, 0.6) is 0 Å². The van der Waals surface area contributed by atoms with Crippen molar-refractivity contribution in [3.05, 3.63) is 163 Å². The number of aromatic nitrogens is 4. The van der Waals surface area contributed by atoms with Gasteiger partial charge in [-0.2, -0.15) is 0 Å². The molecule has 1 radical (unpaired) electrons. The van der Waals surface area contributed by atoms with Gasteiger partial charge in [-0.05, 0) is 34.7 Å². The van der Waals surface area contributed by atoms with Crippen LogP contribution in [0.4, 0.5) is 0 Å². The van der Waals surface area contributed by atoms with Crippen LogP contribution < -0.4 is 4.40 Å². The minimum Gasteiger partial charge on any atom is 0 e. The maximum atomic E-state index is 7.44. The molecule has 0 saturated heterocycles. The van der Waals surface area contributed by atoms with Crippen LogP contribution in [-0.4, -0.2) is 32.8 Å². The predicted octanol–water partition coefficient (Wildman–Crippen LogP) is 13.3. The van der Waals surface area contributed by atoms with Gasteiger partial charge < -0.3 is 8.98 Å². The second kappa shape index (κ2) is 16.8. The molecule has 5 aromatic carbocycles. The van der Waals surface area contributed by atoms with Crippen LogP contribution in [-0.2, 0) is 25.5 Å². The van der Waals surface area contributed by atoms with Crippen molar-refractivity contribution >= 4 is 50.6 Å². The number of nitrogens with zero attached hydrogens (tertiary/aromatic N) is 4. The molecule has 5 nitrogen and oxygen atoms in total. The van der Waals surface area contributed by atoms with E-state index in [1.54, 1.807) is 18.2 Å². The average Bonchev–Trinajstić information content (AvgIpc) is 3.82. The smallest absolute Gasteiger partial charge is 0 e. The fourth-order valence-corrected chi connectivity index (χ4v) is 11.1. The molecule has 0 amide bonds. The van der Waals surface area contributed by atoms with E-state index in [1.807, 2.05) is 48.9 Å². The Labute approximate surface area is 368 Å². The molecule has 0 atom stereocenters. The molecule has 0 aliphatic rings. The van der Waals surface area contributed by atoms with Crippen LogP contribution in [0.1, 0.15) is 61.3 Å². The molecule has 7 heteroatoms. The zero-order valence-electron chi connectivity index (χ0n) is 37.8. The van der Waals surface area contributed by atoms with Gasteiger partial charge in [0.25, 0.3) is 0 Å². The monoisotopic (exact) mass is 1020 g/mol. The van der Waals surface area contributed by atoms with Gasteiger partial charge in [0.05, 0.1) is 28.6 Å². The number of hydrogen-bond donors (Lipinski definition) is 0. The molecule has 0 saturated carbocycles. The molecule has 0 fully saturated rings. The van der Waals surface area contributed by atoms with Crippen molar-refractivity contribution in [2.45, 2.75) is 70.1 Å². The first-order valence-electron chi connectivity index (χ1n) is 21.4. The number of fused-ring (bicyclic) bond motifs is 4. The zero-order valence-corrected chi connectivity index (χ0v) is 39.3. The van der Waals surface area contributed by atoms with Crippen LogP contribution >= 0.6 is 0 Å². The third-order valence-corrected chi connectivity index (χ3v) is 14.9. The topological polar surface area (TPSA) is 56.7 Å². The molecule has 0 N–H and O–H groups in total. The maximum Gasteiger partial charge on any atom is 0 e. The SMILES string of the molecule is CC(C)(C)c1cncc2nc(-c3[c-]ccc4c3oc3ccccc34)n(-c3ccc(-c4ccccc4)cc3)c12.[2H]C([2H])([2H])c1c[c-]c(-c2cc(C(C)C)[c]([Ge]([CH3])([CH3])[CH3])cn2)cc1.[Ir]. The first-order valence-corrected chi connectivity index (χ1v) is 27.2. The summed E-state index contributed by atoms with van der Waals surface area (Å²) in [6.45, 7) is 8.96.